The third-order valence-corrected chi connectivity index (χ3v) is 7.97. The van der Waals surface area contributed by atoms with Crippen molar-refractivity contribution in [2.45, 2.75) is 44.7 Å². The maximum atomic E-state index is 14.0. The molecule has 5 rings (SSSR count). The van der Waals surface area contributed by atoms with Gasteiger partial charge in [0.15, 0.2) is 0 Å². The molecule has 0 aromatic heterocycles. The number of hydrogen-bond acceptors (Lipinski definition) is 6. The molecule has 8 nitrogen and oxygen atoms in total. The maximum absolute atomic E-state index is 14.0. The second-order valence-electron chi connectivity index (χ2n) is 11.0. The van der Waals surface area contributed by atoms with E-state index in [-0.39, 0.29) is 25.0 Å². The standard InChI is InChI=1S/C35H36N2O6/c1-2-28(32(38)36-30(23-42-34(36)40)21-26-14-8-4-9-15-26)18-19-29(20-25-12-6-3-7-13-25)33(39)37-31(24-43-35(37)41)22-27-16-10-5-11-17-27/h3-19,28-31H,2,20-24H2,1H3/t28-,29+,30?,31?/m0/s1. The van der Waals surface area contributed by atoms with E-state index in [2.05, 4.69) is 0 Å². The summed E-state index contributed by atoms with van der Waals surface area (Å²) in [5.41, 5.74) is 2.92. The van der Waals surface area contributed by atoms with Gasteiger partial charge in [-0.15, -0.1) is 0 Å². The largest absolute Gasteiger partial charge is 0.447 e. The summed E-state index contributed by atoms with van der Waals surface area (Å²) in [6.07, 6.45) is 3.83. The molecular formula is C35H36N2O6. The van der Waals surface area contributed by atoms with E-state index in [0.717, 1.165) is 16.7 Å². The van der Waals surface area contributed by atoms with Crippen LogP contribution in [0.1, 0.15) is 30.0 Å². The van der Waals surface area contributed by atoms with Crippen molar-refractivity contribution in [2.75, 3.05) is 13.2 Å². The van der Waals surface area contributed by atoms with E-state index in [0.29, 0.717) is 25.7 Å². The minimum atomic E-state index is -0.723. The van der Waals surface area contributed by atoms with Crippen molar-refractivity contribution in [1.29, 1.82) is 0 Å². The Balaban J connectivity index is 1.37. The lowest BCUT2D eigenvalue weighted by Gasteiger charge is -2.25. The van der Waals surface area contributed by atoms with Gasteiger partial charge in [0, 0.05) is 0 Å². The molecule has 4 amide bonds. The number of cyclic esters (lactones) is 2. The van der Waals surface area contributed by atoms with Crippen LogP contribution in [0, 0.1) is 11.8 Å². The second kappa shape index (κ2) is 14.0. The SMILES string of the molecule is CC[C@@H](C=C[C@H](Cc1ccccc1)C(=O)N1C(=O)OCC1Cc1ccccc1)C(=O)N1C(=O)OCC1Cc1ccccc1. The van der Waals surface area contributed by atoms with Crippen molar-refractivity contribution in [3.63, 3.8) is 0 Å². The number of rotatable bonds is 11. The van der Waals surface area contributed by atoms with E-state index < -0.39 is 36.1 Å². The molecule has 0 spiro atoms. The van der Waals surface area contributed by atoms with Gasteiger partial charge in [-0.1, -0.05) is 110 Å². The normalized spacial score (nSPS) is 19.7. The van der Waals surface area contributed by atoms with E-state index >= 15 is 0 Å². The van der Waals surface area contributed by atoms with E-state index in [1.54, 1.807) is 12.2 Å². The third kappa shape index (κ3) is 7.20. The molecule has 0 N–H and O–H groups in total. The predicted octanol–water partition coefficient (Wildman–Crippen LogP) is 5.61. The highest BCUT2D eigenvalue weighted by Gasteiger charge is 2.42. The number of carbonyl (C=O) groups is 4. The fraction of sp³-hybridized carbons (Fsp3) is 0.314. The van der Waals surface area contributed by atoms with Crippen LogP contribution in [0.15, 0.2) is 103 Å². The smallest absolute Gasteiger partial charge is 0.417 e. The lowest BCUT2D eigenvalue weighted by Crippen LogP contribution is -2.44. The first-order valence-corrected chi connectivity index (χ1v) is 14.7. The van der Waals surface area contributed by atoms with Gasteiger partial charge in [-0.25, -0.2) is 19.4 Å². The summed E-state index contributed by atoms with van der Waals surface area (Å²) in [5.74, 6) is -2.12. The molecule has 4 atom stereocenters. The van der Waals surface area contributed by atoms with Gasteiger partial charge in [-0.2, -0.15) is 0 Å². The van der Waals surface area contributed by atoms with Crippen LogP contribution < -0.4 is 0 Å². The highest BCUT2D eigenvalue weighted by molar-refractivity contribution is 5.97. The molecule has 0 aliphatic carbocycles. The topological polar surface area (TPSA) is 93.2 Å². The van der Waals surface area contributed by atoms with Gasteiger partial charge in [-0.05, 0) is 42.4 Å². The quantitative estimate of drug-likeness (QED) is 0.274. The van der Waals surface area contributed by atoms with E-state index in [1.165, 1.54) is 9.80 Å². The van der Waals surface area contributed by atoms with Crippen molar-refractivity contribution < 1.29 is 28.7 Å². The Labute approximate surface area is 251 Å². The number of nitrogens with zero attached hydrogens (tertiary/aromatic N) is 2. The number of carbonyl (C=O) groups excluding carboxylic acids is 4. The number of ether oxygens (including phenoxy) is 2. The minimum absolute atomic E-state index is 0.122. The third-order valence-electron chi connectivity index (χ3n) is 7.97. The summed E-state index contributed by atoms with van der Waals surface area (Å²) in [4.78, 5) is 55.6. The van der Waals surface area contributed by atoms with Gasteiger partial charge in [0.1, 0.15) is 13.2 Å². The van der Waals surface area contributed by atoms with Crippen molar-refractivity contribution in [3.05, 3.63) is 120 Å². The van der Waals surface area contributed by atoms with Gasteiger partial charge in [-0.3, -0.25) is 9.59 Å². The van der Waals surface area contributed by atoms with Gasteiger partial charge < -0.3 is 9.47 Å². The molecule has 2 aliphatic heterocycles. The molecule has 0 bridgehead atoms. The molecule has 222 valence electrons. The molecule has 2 fully saturated rings. The molecule has 2 aliphatic rings. The molecule has 3 aromatic rings. The summed E-state index contributed by atoms with van der Waals surface area (Å²) in [5, 5.41) is 0. The first-order valence-electron chi connectivity index (χ1n) is 14.7. The molecular weight excluding hydrogens is 544 g/mol. The van der Waals surface area contributed by atoms with Gasteiger partial charge >= 0.3 is 12.2 Å². The summed E-state index contributed by atoms with van der Waals surface area (Å²) >= 11 is 0. The zero-order chi connectivity index (χ0) is 30.2. The van der Waals surface area contributed by atoms with Crippen LogP contribution in [-0.2, 0) is 38.3 Å². The van der Waals surface area contributed by atoms with Crippen molar-refractivity contribution in [3.8, 4) is 0 Å². The summed E-state index contributed by atoms with van der Waals surface area (Å²) in [7, 11) is 0. The highest BCUT2D eigenvalue weighted by Crippen LogP contribution is 2.25. The zero-order valence-electron chi connectivity index (χ0n) is 24.2. The van der Waals surface area contributed by atoms with Crippen LogP contribution in [0.4, 0.5) is 9.59 Å². The maximum Gasteiger partial charge on any atom is 0.417 e. The molecule has 2 heterocycles. The minimum Gasteiger partial charge on any atom is -0.447 e. The molecule has 3 aromatic carbocycles. The van der Waals surface area contributed by atoms with Crippen molar-refractivity contribution in [2.24, 2.45) is 11.8 Å². The van der Waals surface area contributed by atoms with E-state index in [1.807, 2.05) is 97.9 Å². The highest BCUT2D eigenvalue weighted by atomic mass is 16.6. The lowest BCUT2D eigenvalue weighted by atomic mass is 9.93. The first-order chi connectivity index (χ1) is 20.9. The van der Waals surface area contributed by atoms with Gasteiger partial charge in [0.25, 0.3) is 0 Å². The Bertz CT molecular complexity index is 1440. The Morgan fingerprint density at radius 3 is 1.51 bits per heavy atom. The van der Waals surface area contributed by atoms with Crippen LogP contribution in [0.2, 0.25) is 0 Å². The number of hydrogen-bond donors (Lipinski definition) is 0. The first kappa shape index (κ1) is 29.8. The number of amides is 4. The van der Waals surface area contributed by atoms with Gasteiger partial charge in [0.05, 0.1) is 23.9 Å². The monoisotopic (exact) mass is 580 g/mol. The van der Waals surface area contributed by atoms with Crippen molar-refractivity contribution >= 4 is 24.0 Å². The average Bonchev–Trinajstić information content (AvgIpc) is 3.58. The van der Waals surface area contributed by atoms with Crippen LogP contribution in [0.5, 0.6) is 0 Å². The average molecular weight is 581 g/mol. The van der Waals surface area contributed by atoms with Gasteiger partial charge in [0.2, 0.25) is 11.8 Å². The molecule has 43 heavy (non-hydrogen) atoms. The fourth-order valence-electron chi connectivity index (χ4n) is 5.66. The van der Waals surface area contributed by atoms with Crippen LogP contribution in [-0.4, -0.2) is 59.1 Å². The second-order valence-corrected chi connectivity index (χ2v) is 11.0. The van der Waals surface area contributed by atoms with E-state index in [9.17, 15) is 19.2 Å². The molecule has 2 unspecified atom stereocenters. The number of benzene rings is 3. The van der Waals surface area contributed by atoms with Crippen LogP contribution in [0.3, 0.4) is 0 Å². The lowest BCUT2D eigenvalue weighted by molar-refractivity contribution is -0.133. The summed E-state index contributed by atoms with van der Waals surface area (Å²) in [6, 6.07) is 28.0. The number of imide groups is 2. The fourth-order valence-corrected chi connectivity index (χ4v) is 5.66. The Kier molecular flexibility index (Phi) is 9.66. The molecule has 8 heteroatoms. The molecule has 0 saturated carbocycles. The summed E-state index contributed by atoms with van der Waals surface area (Å²) in [6.45, 7) is 2.12. The van der Waals surface area contributed by atoms with Crippen LogP contribution in [0.25, 0.3) is 0 Å². The van der Waals surface area contributed by atoms with Crippen LogP contribution >= 0.6 is 0 Å². The predicted molar refractivity (Wildman–Crippen MR) is 161 cm³/mol. The Morgan fingerprint density at radius 2 is 1.07 bits per heavy atom. The Hall–Kier alpha value is -4.72. The Morgan fingerprint density at radius 1 is 0.674 bits per heavy atom. The van der Waals surface area contributed by atoms with E-state index in [4.69, 9.17) is 9.47 Å². The zero-order valence-corrected chi connectivity index (χ0v) is 24.2. The summed E-state index contributed by atoms with van der Waals surface area (Å²) < 4.78 is 10.6. The molecule has 0 radical (unpaired) electrons. The van der Waals surface area contributed by atoms with Crippen molar-refractivity contribution in [1.82, 2.24) is 9.80 Å². The molecule has 2 saturated heterocycles.